The van der Waals surface area contributed by atoms with Crippen LogP contribution in [0.25, 0.3) is 0 Å². The maximum Gasteiger partial charge on any atom is 0.323 e. The van der Waals surface area contributed by atoms with Crippen LogP contribution in [0.1, 0.15) is 20.3 Å². The summed E-state index contributed by atoms with van der Waals surface area (Å²) < 4.78 is 0. The standard InChI is InChI=1S/C14H18ClNO3S/c1-3-10(2)16(8-14(18)19)13(17)9-20-12-6-4-11(15)5-7-12/h4-7,10H,3,8-9H2,1-2H3,(H,18,19). The van der Waals surface area contributed by atoms with E-state index >= 15 is 0 Å². The molecule has 1 unspecified atom stereocenters. The maximum absolute atomic E-state index is 12.1. The SMILES string of the molecule is CCC(C)N(CC(=O)O)C(=O)CSc1ccc(Cl)cc1. The molecule has 0 spiro atoms. The van der Waals surface area contributed by atoms with Crippen molar-refractivity contribution in [2.75, 3.05) is 12.3 Å². The molecule has 1 rings (SSSR count). The van der Waals surface area contributed by atoms with Crippen LogP contribution in [0.4, 0.5) is 0 Å². The van der Waals surface area contributed by atoms with Gasteiger partial charge in [-0.25, -0.2) is 0 Å². The van der Waals surface area contributed by atoms with E-state index in [2.05, 4.69) is 0 Å². The van der Waals surface area contributed by atoms with E-state index in [-0.39, 0.29) is 24.2 Å². The number of thioether (sulfide) groups is 1. The molecule has 0 saturated carbocycles. The summed E-state index contributed by atoms with van der Waals surface area (Å²) in [6.07, 6.45) is 0.727. The molecule has 0 aromatic heterocycles. The van der Waals surface area contributed by atoms with Crippen LogP contribution in [0.15, 0.2) is 29.2 Å². The highest BCUT2D eigenvalue weighted by atomic mass is 35.5. The number of rotatable bonds is 7. The number of carbonyl (C=O) groups is 2. The second-order valence-corrected chi connectivity index (χ2v) is 5.90. The Bertz CT molecular complexity index is 464. The molecule has 20 heavy (non-hydrogen) atoms. The van der Waals surface area contributed by atoms with Gasteiger partial charge in [-0.15, -0.1) is 11.8 Å². The third-order valence-electron chi connectivity index (χ3n) is 2.92. The van der Waals surface area contributed by atoms with E-state index in [0.29, 0.717) is 5.02 Å². The smallest absolute Gasteiger partial charge is 0.323 e. The number of halogens is 1. The van der Waals surface area contributed by atoms with Crippen molar-refractivity contribution in [2.24, 2.45) is 0 Å². The first-order valence-electron chi connectivity index (χ1n) is 6.33. The lowest BCUT2D eigenvalue weighted by Crippen LogP contribution is -2.42. The molecule has 0 aliphatic rings. The van der Waals surface area contributed by atoms with Crippen LogP contribution >= 0.6 is 23.4 Å². The molecule has 0 bridgehead atoms. The summed E-state index contributed by atoms with van der Waals surface area (Å²) in [5.41, 5.74) is 0. The summed E-state index contributed by atoms with van der Waals surface area (Å²) in [6, 6.07) is 7.12. The van der Waals surface area contributed by atoms with Gasteiger partial charge in [0.1, 0.15) is 6.54 Å². The van der Waals surface area contributed by atoms with Crippen LogP contribution in [0, 0.1) is 0 Å². The van der Waals surface area contributed by atoms with E-state index in [4.69, 9.17) is 16.7 Å². The number of amides is 1. The third-order valence-corrected chi connectivity index (χ3v) is 4.17. The van der Waals surface area contributed by atoms with Gasteiger partial charge in [-0.2, -0.15) is 0 Å². The topological polar surface area (TPSA) is 57.6 Å². The largest absolute Gasteiger partial charge is 0.480 e. The minimum Gasteiger partial charge on any atom is -0.480 e. The van der Waals surface area contributed by atoms with Crippen LogP contribution in [-0.4, -0.2) is 40.2 Å². The quantitative estimate of drug-likeness (QED) is 0.785. The highest BCUT2D eigenvalue weighted by Crippen LogP contribution is 2.21. The predicted octanol–water partition coefficient (Wildman–Crippen LogP) is 3.14. The fraction of sp³-hybridized carbons (Fsp3) is 0.429. The van der Waals surface area contributed by atoms with Gasteiger partial charge >= 0.3 is 5.97 Å². The Morgan fingerprint density at radius 3 is 2.45 bits per heavy atom. The van der Waals surface area contributed by atoms with Gasteiger partial charge in [0.25, 0.3) is 0 Å². The molecule has 0 aliphatic carbocycles. The second-order valence-electron chi connectivity index (χ2n) is 4.42. The lowest BCUT2D eigenvalue weighted by Gasteiger charge is -2.26. The van der Waals surface area contributed by atoms with E-state index in [0.717, 1.165) is 11.3 Å². The minimum atomic E-state index is -0.991. The van der Waals surface area contributed by atoms with Crippen LogP contribution in [0.5, 0.6) is 0 Å². The van der Waals surface area contributed by atoms with Crippen molar-refractivity contribution in [3.8, 4) is 0 Å². The zero-order valence-corrected chi connectivity index (χ0v) is 13.1. The molecule has 0 radical (unpaired) electrons. The van der Waals surface area contributed by atoms with Crippen LogP contribution in [0.2, 0.25) is 5.02 Å². The molecule has 0 heterocycles. The van der Waals surface area contributed by atoms with Gasteiger partial charge in [0.15, 0.2) is 0 Å². The molecular formula is C14H18ClNO3S. The van der Waals surface area contributed by atoms with E-state index in [9.17, 15) is 9.59 Å². The fourth-order valence-corrected chi connectivity index (χ4v) is 2.53. The molecule has 0 aliphatic heterocycles. The average Bonchev–Trinajstić information content (AvgIpc) is 2.42. The number of carboxylic acids is 1. The summed E-state index contributed by atoms with van der Waals surface area (Å²) in [7, 11) is 0. The highest BCUT2D eigenvalue weighted by Gasteiger charge is 2.21. The minimum absolute atomic E-state index is 0.0792. The molecule has 1 aromatic rings. The van der Waals surface area contributed by atoms with Gasteiger partial charge < -0.3 is 10.0 Å². The molecule has 1 atom stereocenters. The Labute approximate surface area is 128 Å². The van der Waals surface area contributed by atoms with E-state index < -0.39 is 5.97 Å². The number of aliphatic carboxylic acids is 1. The van der Waals surface area contributed by atoms with Crippen molar-refractivity contribution in [3.63, 3.8) is 0 Å². The summed E-state index contributed by atoms with van der Waals surface area (Å²) in [5, 5.41) is 9.52. The first-order chi connectivity index (χ1) is 9.43. The van der Waals surface area contributed by atoms with Crippen molar-refractivity contribution in [2.45, 2.75) is 31.2 Å². The lowest BCUT2D eigenvalue weighted by atomic mass is 10.2. The molecule has 4 nitrogen and oxygen atoms in total. The molecule has 0 fully saturated rings. The zero-order chi connectivity index (χ0) is 15.1. The Kier molecular flexibility index (Phi) is 6.88. The molecular weight excluding hydrogens is 298 g/mol. The molecule has 1 N–H and O–H groups in total. The van der Waals surface area contributed by atoms with E-state index in [1.807, 2.05) is 26.0 Å². The number of hydrogen-bond donors (Lipinski definition) is 1. The van der Waals surface area contributed by atoms with Gasteiger partial charge in [0.2, 0.25) is 5.91 Å². The summed E-state index contributed by atoms with van der Waals surface area (Å²) in [4.78, 5) is 25.3. The van der Waals surface area contributed by atoms with Crippen LogP contribution in [-0.2, 0) is 9.59 Å². The van der Waals surface area contributed by atoms with Crippen LogP contribution < -0.4 is 0 Å². The third kappa shape index (κ3) is 5.43. The van der Waals surface area contributed by atoms with E-state index in [1.54, 1.807) is 12.1 Å². The fourth-order valence-electron chi connectivity index (χ4n) is 1.61. The predicted molar refractivity (Wildman–Crippen MR) is 81.3 cm³/mol. The zero-order valence-electron chi connectivity index (χ0n) is 11.5. The van der Waals surface area contributed by atoms with Gasteiger partial charge in [-0.1, -0.05) is 18.5 Å². The summed E-state index contributed by atoms with van der Waals surface area (Å²) in [6.45, 7) is 3.53. The number of nitrogens with zero attached hydrogens (tertiary/aromatic N) is 1. The molecule has 1 amide bonds. The number of benzene rings is 1. The Morgan fingerprint density at radius 1 is 1.35 bits per heavy atom. The van der Waals surface area contributed by atoms with Crippen molar-refractivity contribution >= 4 is 35.2 Å². The molecule has 6 heteroatoms. The first-order valence-corrected chi connectivity index (χ1v) is 7.70. The summed E-state index contributed by atoms with van der Waals surface area (Å²) >= 11 is 7.17. The van der Waals surface area contributed by atoms with E-state index in [1.165, 1.54) is 16.7 Å². The maximum atomic E-state index is 12.1. The number of hydrogen-bond acceptors (Lipinski definition) is 3. The van der Waals surface area contributed by atoms with Gasteiger partial charge in [0, 0.05) is 16.0 Å². The van der Waals surface area contributed by atoms with Gasteiger partial charge in [0.05, 0.1) is 5.75 Å². The normalized spacial score (nSPS) is 11.9. The summed E-state index contributed by atoms with van der Waals surface area (Å²) in [5.74, 6) is -0.934. The first kappa shape index (κ1) is 16.9. The van der Waals surface area contributed by atoms with Gasteiger partial charge in [-0.05, 0) is 37.6 Å². The van der Waals surface area contributed by atoms with Crippen LogP contribution in [0.3, 0.4) is 0 Å². The second kappa shape index (κ2) is 8.17. The Hall–Kier alpha value is -1.20. The van der Waals surface area contributed by atoms with Crippen molar-refractivity contribution in [1.29, 1.82) is 0 Å². The molecule has 110 valence electrons. The monoisotopic (exact) mass is 315 g/mol. The molecule has 0 saturated heterocycles. The van der Waals surface area contributed by atoms with Crippen molar-refractivity contribution in [3.05, 3.63) is 29.3 Å². The van der Waals surface area contributed by atoms with Crippen molar-refractivity contribution < 1.29 is 14.7 Å². The highest BCUT2D eigenvalue weighted by molar-refractivity contribution is 8.00. The Morgan fingerprint density at radius 2 is 1.95 bits per heavy atom. The number of carbonyl (C=O) groups excluding carboxylic acids is 1. The number of carboxylic acid groups (broad SMARTS) is 1. The Balaban J connectivity index is 2.61. The van der Waals surface area contributed by atoms with Gasteiger partial charge in [-0.3, -0.25) is 9.59 Å². The molecule has 1 aromatic carbocycles. The lowest BCUT2D eigenvalue weighted by molar-refractivity contribution is -0.144. The average molecular weight is 316 g/mol. The van der Waals surface area contributed by atoms with Crippen molar-refractivity contribution in [1.82, 2.24) is 4.90 Å².